The molecule has 9 heteroatoms. The fourth-order valence-corrected chi connectivity index (χ4v) is 4.54. The van der Waals surface area contributed by atoms with E-state index in [4.69, 9.17) is 0 Å². The van der Waals surface area contributed by atoms with Gasteiger partial charge in [-0.1, -0.05) is 18.2 Å². The van der Waals surface area contributed by atoms with E-state index in [1.807, 2.05) is 0 Å². The molecule has 0 bridgehead atoms. The molecule has 30 heavy (non-hydrogen) atoms. The molecule has 0 atom stereocenters. The minimum Gasteiger partial charge on any atom is -0.348 e. The molecule has 2 aromatic carbocycles. The number of H-pyrrole nitrogens is 1. The van der Waals surface area contributed by atoms with Crippen LogP contribution in [-0.4, -0.2) is 29.5 Å². The molecule has 0 saturated carbocycles. The van der Waals surface area contributed by atoms with Gasteiger partial charge in [-0.05, 0) is 42.8 Å². The van der Waals surface area contributed by atoms with E-state index in [2.05, 4.69) is 20.5 Å². The summed E-state index contributed by atoms with van der Waals surface area (Å²) in [5.41, 5.74) is 1.79. The lowest BCUT2D eigenvalue weighted by molar-refractivity contribution is 0.0950. The molecule has 4 rings (SSSR count). The summed E-state index contributed by atoms with van der Waals surface area (Å²) in [4.78, 5) is 16.5. The standard InChI is InChI=1S/C21H17FN4O3S/c1-13-18(22)3-2-4-19(13)30(28,29)17-7-5-14(6-8-17)10-24-21(27)16-9-15-12-25-26-20(15)23-11-16/h2-9,11-12H,10H2,1H3,(H,24,27)(H,23,25,26). The van der Waals surface area contributed by atoms with Gasteiger partial charge in [-0.3, -0.25) is 9.89 Å². The molecule has 7 nitrogen and oxygen atoms in total. The van der Waals surface area contributed by atoms with Crippen molar-refractivity contribution in [2.75, 3.05) is 0 Å². The third-order valence-corrected chi connectivity index (χ3v) is 6.66. The van der Waals surface area contributed by atoms with Crippen molar-refractivity contribution in [3.05, 3.63) is 83.4 Å². The second kappa shape index (κ2) is 7.68. The molecule has 0 unspecified atom stereocenters. The number of sulfone groups is 1. The van der Waals surface area contributed by atoms with Crippen LogP contribution in [0.2, 0.25) is 0 Å². The lowest BCUT2D eigenvalue weighted by atomic mass is 10.2. The van der Waals surface area contributed by atoms with E-state index in [1.54, 1.807) is 24.4 Å². The first-order valence-corrected chi connectivity index (χ1v) is 10.5. The summed E-state index contributed by atoms with van der Waals surface area (Å²) in [6.07, 6.45) is 3.03. The number of aromatic amines is 1. The normalized spacial score (nSPS) is 11.5. The zero-order chi connectivity index (χ0) is 21.3. The van der Waals surface area contributed by atoms with Crippen molar-refractivity contribution in [2.24, 2.45) is 0 Å². The van der Waals surface area contributed by atoms with Crippen LogP contribution in [0.4, 0.5) is 4.39 Å². The molecule has 0 radical (unpaired) electrons. The van der Waals surface area contributed by atoms with Gasteiger partial charge in [0.1, 0.15) is 5.82 Å². The molecule has 2 heterocycles. The Morgan fingerprint density at radius 1 is 1.13 bits per heavy atom. The Morgan fingerprint density at radius 2 is 1.90 bits per heavy atom. The van der Waals surface area contributed by atoms with Crippen LogP contribution in [0.25, 0.3) is 11.0 Å². The molecule has 0 saturated heterocycles. The van der Waals surface area contributed by atoms with Crippen LogP contribution in [0.1, 0.15) is 21.5 Å². The van der Waals surface area contributed by atoms with Crippen LogP contribution in [0.15, 0.2) is 70.7 Å². The first-order chi connectivity index (χ1) is 14.4. The number of amides is 1. The highest BCUT2D eigenvalue weighted by Crippen LogP contribution is 2.25. The molecule has 0 aliphatic carbocycles. The van der Waals surface area contributed by atoms with Gasteiger partial charge in [0.2, 0.25) is 9.84 Å². The van der Waals surface area contributed by atoms with Crippen molar-refractivity contribution in [3.63, 3.8) is 0 Å². The highest BCUT2D eigenvalue weighted by atomic mass is 32.2. The van der Waals surface area contributed by atoms with Crippen LogP contribution in [0, 0.1) is 12.7 Å². The number of aromatic nitrogens is 3. The third-order valence-electron chi connectivity index (χ3n) is 4.75. The molecule has 0 aliphatic heterocycles. The number of halogens is 1. The Morgan fingerprint density at radius 3 is 2.67 bits per heavy atom. The smallest absolute Gasteiger partial charge is 0.253 e. The maximum atomic E-state index is 13.8. The van der Waals surface area contributed by atoms with Gasteiger partial charge in [0, 0.05) is 23.7 Å². The van der Waals surface area contributed by atoms with Gasteiger partial charge in [-0.2, -0.15) is 5.10 Å². The Balaban J connectivity index is 1.48. The number of hydrogen-bond donors (Lipinski definition) is 2. The van der Waals surface area contributed by atoms with Gasteiger partial charge in [-0.25, -0.2) is 17.8 Å². The van der Waals surface area contributed by atoms with Crippen molar-refractivity contribution in [1.29, 1.82) is 0 Å². The SMILES string of the molecule is Cc1c(F)cccc1S(=O)(=O)c1ccc(CNC(=O)c2cnc3[nH]ncc3c2)cc1. The number of carbonyl (C=O) groups excluding carboxylic acids is 1. The van der Waals surface area contributed by atoms with Crippen LogP contribution in [-0.2, 0) is 16.4 Å². The molecule has 0 fully saturated rings. The van der Waals surface area contributed by atoms with Gasteiger partial charge in [0.25, 0.3) is 5.91 Å². The largest absolute Gasteiger partial charge is 0.348 e. The lowest BCUT2D eigenvalue weighted by Crippen LogP contribution is -2.22. The van der Waals surface area contributed by atoms with Gasteiger partial charge in [0.15, 0.2) is 5.65 Å². The summed E-state index contributed by atoms with van der Waals surface area (Å²) in [5.74, 6) is -0.879. The zero-order valence-electron chi connectivity index (χ0n) is 15.9. The number of hydrogen-bond acceptors (Lipinski definition) is 5. The van der Waals surface area contributed by atoms with Crippen molar-refractivity contribution in [3.8, 4) is 0 Å². The van der Waals surface area contributed by atoms with Gasteiger partial charge < -0.3 is 5.32 Å². The molecule has 0 spiro atoms. The predicted molar refractivity (Wildman–Crippen MR) is 108 cm³/mol. The van der Waals surface area contributed by atoms with Gasteiger partial charge in [-0.15, -0.1) is 0 Å². The van der Waals surface area contributed by atoms with E-state index in [1.165, 1.54) is 43.5 Å². The second-order valence-electron chi connectivity index (χ2n) is 6.72. The van der Waals surface area contributed by atoms with Crippen molar-refractivity contribution in [1.82, 2.24) is 20.5 Å². The number of fused-ring (bicyclic) bond motifs is 1. The minimum atomic E-state index is -3.84. The summed E-state index contributed by atoms with van der Waals surface area (Å²) in [6, 6.07) is 11.8. The fraction of sp³-hybridized carbons (Fsp3) is 0.0952. The fourth-order valence-electron chi connectivity index (χ4n) is 3.04. The number of rotatable bonds is 5. The number of carbonyl (C=O) groups is 1. The molecule has 2 N–H and O–H groups in total. The molecule has 0 aliphatic rings. The van der Waals surface area contributed by atoms with E-state index >= 15 is 0 Å². The van der Waals surface area contributed by atoms with Gasteiger partial charge in [0.05, 0.1) is 21.6 Å². The molecular formula is C21H17FN4O3S. The van der Waals surface area contributed by atoms with E-state index in [0.29, 0.717) is 11.2 Å². The number of nitrogens with one attached hydrogen (secondary N) is 2. The van der Waals surface area contributed by atoms with Crippen molar-refractivity contribution >= 4 is 26.8 Å². The first kappa shape index (κ1) is 19.7. The Hall–Kier alpha value is -3.59. The predicted octanol–water partition coefficient (Wildman–Crippen LogP) is 3.17. The van der Waals surface area contributed by atoms with Crippen LogP contribution < -0.4 is 5.32 Å². The molecule has 1 amide bonds. The molecule has 2 aromatic heterocycles. The van der Waals surface area contributed by atoms with Gasteiger partial charge >= 0.3 is 0 Å². The monoisotopic (exact) mass is 424 g/mol. The highest BCUT2D eigenvalue weighted by Gasteiger charge is 2.21. The van der Waals surface area contributed by atoms with E-state index in [0.717, 1.165) is 10.9 Å². The molecular weight excluding hydrogens is 407 g/mol. The second-order valence-corrected chi connectivity index (χ2v) is 8.64. The average molecular weight is 424 g/mol. The Bertz CT molecular complexity index is 1350. The van der Waals surface area contributed by atoms with E-state index in [9.17, 15) is 17.6 Å². The van der Waals surface area contributed by atoms with Crippen molar-refractivity contribution in [2.45, 2.75) is 23.3 Å². The first-order valence-electron chi connectivity index (χ1n) is 9.03. The van der Waals surface area contributed by atoms with E-state index < -0.39 is 15.7 Å². The van der Waals surface area contributed by atoms with Crippen molar-refractivity contribution < 1.29 is 17.6 Å². The molecule has 152 valence electrons. The summed E-state index contributed by atoms with van der Waals surface area (Å²) in [5, 5.41) is 10.1. The summed E-state index contributed by atoms with van der Waals surface area (Å²) >= 11 is 0. The van der Waals surface area contributed by atoms with Crippen LogP contribution in [0.3, 0.4) is 0 Å². The summed E-state index contributed by atoms with van der Waals surface area (Å²) in [7, 11) is -3.84. The summed E-state index contributed by atoms with van der Waals surface area (Å²) < 4.78 is 39.4. The Kier molecular flexibility index (Phi) is 5.04. The number of benzene rings is 2. The lowest BCUT2D eigenvalue weighted by Gasteiger charge is -2.10. The number of pyridine rings is 1. The number of nitrogens with zero attached hydrogens (tertiary/aromatic N) is 2. The third kappa shape index (κ3) is 3.67. The maximum Gasteiger partial charge on any atom is 0.253 e. The topological polar surface area (TPSA) is 105 Å². The summed E-state index contributed by atoms with van der Waals surface area (Å²) in [6.45, 7) is 1.64. The van der Waals surface area contributed by atoms with Crippen LogP contribution in [0.5, 0.6) is 0 Å². The molecule has 4 aromatic rings. The zero-order valence-corrected chi connectivity index (χ0v) is 16.7. The average Bonchev–Trinajstić information content (AvgIpc) is 3.22. The van der Waals surface area contributed by atoms with Crippen LogP contribution >= 0.6 is 0 Å². The quantitative estimate of drug-likeness (QED) is 0.512. The Labute approximate surface area is 171 Å². The maximum absolute atomic E-state index is 13.8. The minimum absolute atomic E-state index is 0.0564. The highest BCUT2D eigenvalue weighted by molar-refractivity contribution is 7.91. The van der Waals surface area contributed by atoms with E-state index in [-0.39, 0.29) is 27.8 Å².